The maximum Gasteiger partial charge on any atom is 0.311 e. The van der Waals surface area contributed by atoms with Crippen molar-refractivity contribution in [2.45, 2.75) is 26.9 Å². The molecule has 0 fully saturated rings. The van der Waals surface area contributed by atoms with Gasteiger partial charge in [-0.15, -0.1) is 11.3 Å². The van der Waals surface area contributed by atoms with Crippen molar-refractivity contribution in [1.29, 1.82) is 0 Å². The molecule has 3 aromatic rings. The van der Waals surface area contributed by atoms with Crippen molar-refractivity contribution < 1.29 is 9.53 Å². The van der Waals surface area contributed by atoms with E-state index in [9.17, 15) is 9.59 Å². The average Bonchev–Trinajstić information content (AvgIpc) is 3.03. The number of carbonyl (C=O) groups excluding carboxylic acids is 1. The van der Waals surface area contributed by atoms with Gasteiger partial charge in [0.15, 0.2) is 5.01 Å². The zero-order chi connectivity index (χ0) is 15.7. The highest BCUT2D eigenvalue weighted by atomic mass is 32.1. The lowest BCUT2D eigenvalue weighted by atomic mass is 10.3. The molecule has 0 bridgehead atoms. The van der Waals surface area contributed by atoms with Gasteiger partial charge in [0.25, 0.3) is 5.56 Å². The van der Waals surface area contributed by atoms with Gasteiger partial charge in [-0.2, -0.15) is 9.61 Å². The SMILES string of the molecule is Cc1cc(=O)n2nc(COC(=O)Cc3scnc3C)sc2n1. The molecule has 114 valence electrons. The van der Waals surface area contributed by atoms with E-state index in [2.05, 4.69) is 15.1 Å². The third kappa shape index (κ3) is 3.04. The maximum absolute atomic E-state index is 11.8. The lowest BCUT2D eigenvalue weighted by Crippen LogP contribution is -2.14. The van der Waals surface area contributed by atoms with Gasteiger partial charge in [0, 0.05) is 16.6 Å². The van der Waals surface area contributed by atoms with Crippen LogP contribution in [0.4, 0.5) is 0 Å². The summed E-state index contributed by atoms with van der Waals surface area (Å²) in [6.07, 6.45) is 0.193. The molecule has 9 heteroatoms. The summed E-state index contributed by atoms with van der Waals surface area (Å²) < 4.78 is 6.42. The molecule has 0 unspecified atom stereocenters. The highest BCUT2D eigenvalue weighted by molar-refractivity contribution is 7.16. The van der Waals surface area contributed by atoms with Crippen molar-refractivity contribution in [3.63, 3.8) is 0 Å². The van der Waals surface area contributed by atoms with Crippen LogP contribution in [0.3, 0.4) is 0 Å². The van der Waals surface area contributed by atoms with E-state index in [1.807, 2.05) is 6.92 Å². The molecule has 3 aromatic heterocycles. The largest absolute Gasteiger partial charge is 0.458 e. The van der Waals surface area contributed by atoms with E-state index in [0.29, 0.717) is 15.7 Å². The van der Waals surface area contributed by atoms with Crippen LogP contribution in [0.5, 0.6) is 0 Å². The first-order valence-corrected chi connectivity index (χ1v) is 8.13. The van der Waals surface area contributed by atoms with Gasteiger partial charge in [0.1, 0.15) is 6.61 Å². The fourth-order valence-corrected chi connectivity index (χ4v) is 3.46. The van der Waals surface area contributed by atoms with E-state index >= 15 is 0 Å². The summed E-state index contributed by atoms with van der Waals surface area (Å²) in [7, 11) is 0. The van der Waals surface area contributed by atoms with Crippen LogP contribution in [0.15, 0.2) is 16.4 Å². The lowest BCUT2D eigenvalue weighted by Gasteiger charge is -2.01. The standard InChI is InChI=1S/C13H12N4O3S2/c1-7-3-11(18)17-13(15-7)22-10(16-17)5-20-12(19)4-9-8(2)14-6-21-9/h3,6H,4-5H2,1-2H3. The lowest BCUT2D eigenvalue weighted by molar-refractivity contribution is -0.144. The topological polar surface area (TPSA) is 86.5 Å². The molecule has 3 rings (SSSR count). The maximum atomic E-state index is 11.8. The van der Waals surface area contributed by atoms with E-state index in [1.165, 1.54) is 33.3 Å². The highest BCUT2D eigenvalue weighted by Gasteiger charge is 2.12. The third-order valence-corrected chi connectivity index (χ3v) is 4.74. The molecule has 0 amide bonds. The summed E-state index contributed by atoms with van der Waals surface area (Å²) in [6.45, 7) is 3.63. The molecule has 0 aliphatic rings. The van der Waals surface area contributed by atoms with Gasteiger partial charge < -0.3 is 4.74 Å². The van der Waals surface area contributed by atoms with Crippen LogP contribution < -0.4 is 5.56 Å². The van der Waals surface area contributed by atoms with Gasteiger partial charge in [0.2, 0.25) is 4.96 Å². The second-order valence-electron chi connectivity index (χ2n) is 4.62. The molecule has 0 radical (unpaired) electrons. The minimum Gasteiger partial charge on any atom is -0.458 e. The molecular formula is C13H12N4O3S2. The van der Waals surface area contributed by atoms with E-state index < -0.39 is 0 Å². The number of ether oxygens (including phenoxy) is 1. The summed E-state index contributed by atoms with van der Waals surface area (Å²) in [4.78, 5) is 33.3. The number of esters is 1. The molecule has 0 saturated heterocycles. The minimum absolute atomic E-state index is 0.0310. The molecule has 0 aliphatic carbocycles. The van der Waals surface area contributed by atoms with Crippen LogP contribution in [0.1, 0.15) is 21.3 Å². The number of hydrogen-bond donors (Lipinski definition) is 0. The van der Waals surface area contributed by atoms with Crippen LogP contribution in [-0.4, -0.2) is 25.6 Å². The molecule has 3 heterocycles. The Morgan fingerprint density at radius 1 is 1.41 bits per heavy atom. The van der Waals surface area contributed by atoms with Crippen molar-refractivity contribution in [3.05, 3.63) is 43.2 Å². The van der Waals surface area contributed by atoms with Crippen molar-refractivity contribution in [3.8, 4) is 0 Å². The van der Waals surface area contributed by atoms with Gasteiger partial charge in [-0.05, 0) is 13.8 Å². The van der Waals surface area contributed by atoms with Gasteiger partial charge in [-0.1, -0.05) is 11.3 Å². The number of aryl methyl sites for hydroxylation is 2. The molecule has 0 aliphatic heterocycles. The predicted molar refractivity (Wildman–Crippen MR) is 82.2 cm³/mol. The van der Waals surface area contributed by atoms with Gasteiger partial charge in [0.05, 0.1) is 17.6 Å². The fourth-order valence-electron chi connectivity index (χ4n) is 1.84. The number of carbonyl (C=O) groups is 1. The van der Waals surface area contributed by atoms with Crippen LogP contribution in [-0.2, 0) is 22.6 Å². The van der Waals surface area contributed by atoms with Gasteiger partial charge in [-0.3, -0.25) is 9.59 Å². The first kappa shape index (κ1) is 14.8. The number of fused-ring (bicyclic) bond motifs is 1. The third-order valence-electron chi connectivity index (χ3n) is 2.92. The van der Waals surface area contributed by atoms with Crippen molar-refractivity contribution in [2.75, 3.05) is 0 Å². The number of aromatic nitrogens is 4. The average molecular weight is 336 g/mol. The number of hydrogen-bond acceptors (Lipinski definition) is 8. The fraction of sp³-hybridized carbons (Fsp3) is 0.308. The molecule has 22 heavy (non-hydrogen) atoms. The number of rotatable bonds is 4. The number of thiazole rings is 1. The Kier molecular flexibility index (Phi) is 3.99. The molecule has 0 N–H and O–H groups in total. The summed E-state index contributed by atoms with van der Waals surface area (Å²) >= 11 is 2.66. The normalized spacial score (nSPS) is 11.0. The van der Waals surface area contributed by atoms with Gasteiger partial charge in [-0.25, -0.2) is 9.97 Å². The molecule has 0 aromatic carbocycles. The van der Waals surface area contributed by atoms with Crippen LogP contribution in [0.2, 0.25) is 0 Å². The Bertz CT molecular complexity index is 896. The summed E-state index contributed by atoms with van der Waals surface area (Å²) in [6, 6.07) is 1.41. The zero-order valence-electron chi connectivity index (χ0n) is 11.9. The van der Waals surface area contributed by atoms with Crippen molar-refractivity contribution in [2.24, 2.45) is 0 Å². The second kappa shape index (κ2) is 5.93. The zero-order valence-corrected chi connectivity index (χ0v) is 13.5. The first-order chi connectivity index (χ1) is 10.5. The minimum atomic E-state index is -0.344. The van der Waals surface area contributed by atoms with E-state index in [0.717, 1.165) is 10.6 Å². The monoisotopic (exact) mass is 336 g/mol. The van der Waals surface area contributed by atoms with Crippen LogP contribution >= 0.6 is 22.7 Å². The Labute approximate surface area is 133 Å². The van der Waals surface area contributed by atoms with Gasteiger partial charge >= 0.3 is 5.97 Å². The second-order valence-corrected chi connectivity index (χ2v) is 6.60. The Morgan fingerprint density at radius 2 is 2.23 bits per heavy atom. The molecule has 0 spiro atoms. The summed E-state index contributed by atoms with van der Waals surface area (Å²) in [5.74, 6) is -0.344. The van der Waals surface area contributed by atoms with E-state index in [4.69, 9.17) is 4.74 Å². The summed E-state index contributed by atoms with van der Waals surface area (Å²) in [5.41, 5.74) is 2.94. The molecule has 7 nitrogen and oxygen atoms in total. The molecular weight excluding hydrogens is 324 g/mol. The van der Waals surface area contributed by atoms with E-state index in [1.54, 1.807) is 12.4 Å². The Hall–Kier alpha value is -2.13. The van der Waals surface area contributed by atoms with Crippen LogP contribution in [0.25, 0.3) is 4.96 Å². The highest BCUT2D eigenvalue weighted by Crippen LogP contribution is 2.15. The molecule has 0 atom stereocenters. The van der Waals surface area contributed by atoms with Crippen LogP contribution in [0, 0.1) is 13.8 Å². The smallest absolute Gasteiger partial charge is 0.311 e. The van der Waals surface area contributed by atoms with Crippen molar-refractivity contribution in [1.82, 2.24) is 19.6 Å². The Balaban J connectivity index is 1.69. The quantitative estimate of drug-likeness (QED) is 0.671. The molecule has 0 saturated carbocycles. The van der Waals surface area contributed by atoms with E-state index in [-0.39, 0.29) is 24.6 Å². The first-order valence-electron chi connectivity index (χ1n) is 6.44. The predicted octanol–water partition coefficient (Wildman–Crippen LogP) is 1.51. The summed E-state index contributed by atoms with van der Waals surface area (Å²) in [5, 5.41) is 4.65. The van der Waals surface area contributed by atoms with Crippen molar-refractivity contribution >= 4 is 33.6 Å². The Morgan fingerprint density at radius 3 is 2.95 bits per heavy atom. The number of nitrogens with zero attached hydrogens (tertiary/aromatic N) is 4.